The summed E-state index contributed by atoms with van der Waals surface area (Å²) in [5.41, 5.74) is 0.745. The van der Waals surface area contributed by atoms with Crippen LogP contribution in [0.25, 0.3) is 6.08 Å². The van der Waals surface area contributed by atoms with Crippen LogP contribution in [-0.2, 0) is 4.79 Å². The Morgan fingerprint density at radius 1 is 1.44 bits per heavy atom. The number of aliphatic hydroxyl groups is 1. The summed E-state index contributed by atoms with van der Waals surface area (Å²) in [6.07, 6.45) is 3.36. The first kappa shape index (κ1) is 13.4. The molecule has 0 unspecified atom stereocenters. The zero-order valence-electron chi connectivity index (χ0n) is 9.64. The van der Waals surface area contributed by atoms with E-state index in [4.69, 9.17) is 23.2 Å². The van der Waals surface area contributed by atoms with Crippen molar-refractivity contribution in [2.75, 3.05) is 13.1 Å². The van der Waals surface area contributed by atoms with Crippen molar-refractivity contribution in [3.05, 3.63) is 39.9 Å². The van der Waals surface area contributed by atoms with Gasteiger partial charge >= 0.3 is 0 Å². The molecule has 1 aliphatic rings. The molecule has 1 aromatic rings. The number of carbonyl (C=O) groups excluding carboxylic acids is 1. The number of halogens is 2. The second-order valence-corrected chi connectivity index (χ2v) is 5.07. The van der Waals surface area contributed by atoms with Crippen LogP contribution in [0.3, 0.4) is 0 Å². The lowest BCUT2D eigenvalue weighted by atomic mass is 10.2. The molecule has 1 heterocycles. The quantitative estimate of drug-likeness (QED) is 0.849. The summed E-state index contributed by atoms with van der Waals surface area (Å²) < 4.78 is 0. The van der Waals surface area contributed by atoms with Crippen molar-refractivity contribution in [3.63, 3.8) is 0 Å². The lowest BCUT2D eigenvalue weighted by Crippen LogP contribution is -2.27. The van der Waals surface area contributed by atoms with E-state index in [1.807, 2.05) is 0 Å². The molecule has 1 aliphatic heterocycles. The van der Waals surface area contributed by atoms with Crippen LogP contribution in [0.4, 0.5) is 0 Å². The molecule has 1 N–H and O–H groups in total. The fourth-order valence-electron chi connectivity index (χ4n) is 1.85. The summed E-state index contributed by atoms with van der Waals surface area (Å²) in [6, 6.07) is 5.11. The van der Waals surface area contributed by atoms with Crippen molar-refractivity contribution < 1.29 is 9.90 Å². The van der Waals surface area contributed by atoms with E-state index in [-0.39, 0.29) is 5.91 Å². The minimum atomic E-state index is -0.401. The lowest BCUT2D eigenvalue weighted by Gasteiger charge is -2.12. The number of likely N-dealkylation sites (tertiary alicyclic amines) is 1. The number of aliphatic hydroxyl groups excluding tert-OH is 1. The topological polar surface area (TPSA) is 40.5 Å². The van der Waals surface area contributed by atoms with Gasteiger partial charge in [-0.05, 0) is 30.2 Å². The monoisotopic (exact) mass is 285 g/mol. The highest BCUT2D eigenvalue weighted by Crippen LogP contribution is 2.22. The maximum atomic E-state index is 11.8. The molecule has 1 atom stereocenters. The number of carbonyl (C=O) groups is 1. The Kier molecular flexibility index (Phi) is 4.27. The normalized spacial score (nSPS) is 19.7. The molecule has 18 heavy (non-hydrogen) atoms. The summed E-state index contributed by atoms with van der Waals surface area (Å²) in [7, 11) is 0. The van der Waals surface area contributed by atoms with Crippen LogP contribution < -0.4 is 0 Å². The molecule has 96 valence electrons. The van der Waals surface area contributed by atoms with Gasteiger partial charge in [0.25, 0.3) is 0 Å². The maximum Gasteiger partial charge on any atom is 0.246 e. The number of nitrogens with zero attached hydrogens (tertiary/aromatic N) is 1. The summed E-state index contributed by atoms with van der Waals surface area (Å²) in [5, 5.41) is 10.4. The van der Waals surface area contributed by atoms with Gasteiger partial charge in [0.1, 0.15) is 0 Å². The molecule has 0 aliphatic carbocycles. The molecule has 1 saturated heterocycles. The van der Waals surface area contributed by atoms with Crippen LogP contribution in [0.1, 0.15) is 12.0 Å². The smallest absolute Gasteiger partial charge is 0.246 e. The molecule has 0 saturated carbocycles. The maximum absolute atomic E-state index is 11.8. The number of hydrogen-bond acceptors (Lipinski definition) is 2. The predicted octanol–water partition coefficient (Wildman–Crippen LogP) is 2.60. The highest BCUT2D eigenvalue weighted by Gasteiger charge is 2.22. The van der Waals surface area contributed by atoms with Crippen molar-refractivity contribution in [3.8, 4) is 0 Å². The lowest BCUT2D eigenvalue weighted by molar-refractivity contribution is -0.125. The van der Waals surface area contributed by atoms with Gasteiger partial charge in [0.15, 0.2) is 0 Å². The van der Waals surface area contributed by atoms with Crippen LogP contribution in [0.5, 0.6) is 0 Å². The number of hydrogen-bond donors (Lipinski definition) is 1. The molecular formula is C13H13Cl2NO2. The van der Waals surface area contributed by atoms with E-state index in [9.17, 15) is 9.90 Å². The van der Waals surface area contributed by atoms with E-state index in [2.05, 4.69) is 0 Å². The Balaban J connectivity index is 2.04. The van der Waals surface area contributed by atoms with E-state index >= 15 is 0 Å². The van der Waals surface area contributed by atoms with Gasteiger partial charge in [-0.15, -0.1) is 0 Å². The third-order valence-electron chi connectivity index (χ3n) is 2.84. The molecular weight excluding hydrogens is 273 g/mol. The predicted molar refractivity (Wildman–Crippen MR) is 72.7 cm³/mol. The van der Waals surface area contributed by atoms with Crippen molar-refractivity contribution in [2.24, 2.45) is 0 Å². The Hall–Kier alpha value is -1.03. The molecule has 3 nitrogen and oxygen atoms in total. The van der Waals surface area contributed by atoms with Gasteiger partial charge < -0.3 is 10.0 Å². The summed E-state index contributed by atoms with van der Waals surface area (Å²) >= 11 is 11.8. The highest BCUT2D eigenvalue weighted by molar-refractivity contribution is 6.35. The molecule has 0 bridgehead atoms. The molecule has 2 rings (SSSR count). The van der Waals surface area contributed by atoms with Gasteiger partial charge in [-0.1, -0.05) is 29.3 Å². The molecule has 1 fully saturated rings. The van der Waals surface area contributed by atoms with E-state index in [1.54, 1.807) is 29.2 Å². The third kappa shape index (κ3) is 3.25. The van der Waals surface area contributed by atoms with Crippen molar-refractivity contribution in [1.29, 1.82) is 0 Å². The summed E-state index contributed by atoms with van der Waals surface area (Å²) in [5.74, 6) is -0.113. The Morgan fingerprint density at radius 2 is 2.22 bits per heavy atom. The van der Waals surface area contributed by atoms with Gasteiger partial charge in [-0.25, -0.2) is 0 Å². The van der Waals surface area contributed by atoms with Crippen LogP contribution in [0.2, 0.25) is 10.0 Å². The SMILES string of the molecule is O=C(C=Cc1ccc(Cl)cc1Cl)N1CC[C@@H](O)C1. The van der Waals surface area contributed by atoms with E-state index in [0.29, 0.717) is 29.6 Å². The highest BCUT2D eigenvalue weighted by atomic mass is 35.5. The van der Waals surface area contributed by atoms with Crippen LogP contribution in [0.15, 0.2) is 24.3 Å². The first-order chi connectivity index (χ1) is 8.56. The Labute approximate surface area is 116 Å². The fraction of sp³-hybridized carbons (Fsp3) is 0.308. The van der Waals surface area contributed by atoms with Gasteiger partial charge in [-0.2, -0.15) is 0 Å². The summed E-state index contributed by atoms with van der Waals surface area (Å²) in [6.45, 7) is 0.996. The Morgan fingerprint density at radius 3 is 2.83 bits per heavy atom. The fourth-order valence-corrected chi connectivity index (χ4v) is 2.32. The molecule has 1 aromatic carbocycles. The van der Waals surface area contributed by atoms with Gasteiger partial charge in [0.2, 0.25) is 5.91 Å². The average molecular weight is 286 g/mol. The van der Waals surface area contributed by atoms with Gasteiger partial charge in [0, 0.05) is 29.2 Å². The number of benzene rings is 1. The average Bonchev–Trinajstić information content (AvgIpc) is 2.74. The summed E-state index contributed by atoms with van der Waals surface area (Å²) in [4.78, 5) is 13.4. The number of rotatable bonds is 2. The van der Waals surface area contributed by atoms with Crippen LogP contribution in [0, 0.1) is 0 Å². The van der Waals surface area contributed by atoms with Crippen LogP contribution in [-0.4, -0.2) is 35.1 Å². The minimum absolute atomic E-state index is 0.113. The van der Waals surface area contributed by atoms with E-state index in [1.165, 1.54) is 6.08 Å². The van der Waals surface area contributed by atoms with Crippen molar-refractivity contribution in [2.45, 2.75) is 12.5 Å². The standard InChI is InChI=1S/C13H13Cl2NO2/c14-10-3-1-9(12(15)7-10)2-4-13(18)16-6-5-11(17)8-16/h1-4,7,11,17H,5-6,8H2/t11-/m1/s1. The van der Waals surface area contributed by atoms with E-state index < -0.39 is 6.10 Å². The van der Waals surface area contributed by atoms with Gasteiger partial charge in [0.05, 0.1) is 6.10 Å². The van der Waals surface area contributed by atoms with Crippen molar-refractivity contribution >= 4 is 35.2 Å². The molecule has 0 aromatic heterocycles. The molecule has 0 spiro atoms. The second-order valence-electron chi connectivity index (χ2n) is 4.23. The molecule has 1 amide bonds. The molecule has 0 radical (unpaired) electrons. The Bertz CT molecular complexity index is 488. The number of amides is 1. The largest absolute Gasteiger partial charge is 0.391 e. The first-order valence-electron chi connectivity index (χ1n) is 5.66. The van der Waals surface area contributed by atoms with E-state index in [0.717, 1.165) is 5.56 Å². The first-order valence-corrected chi connectivity index (χ1v) is 6.42. The van der Waals surface area contributed by atoms with Crippen LogP contribution >= 0.6 is 23.2 Å². The molecule has 5 heteroatoms. The minimum Gasteiger partial charge on any atom is -0.391 e. The third-order valence-corrected chi connectivity index (χ3v) is 3.41. The zero-order valence-corrected chi connectivity index (χ0v) is 11.2. The zero-order chi connectivity index (χ0) is 13.1. The number of β-amino-alcohol motifs (C(OH)–C–C–N with tert-alkyl or cyclic N) is 1. The van der Waals surface area contributed by atoms with Crippen molar-refractivity contribution in [1.82, 2.24) is 4.90 Å². The van der Waals surface area contributed by atoms with Gasteiger partial charge in [-0.3, -0.25) is 4.79 Å². The second kappa shape index (κ2) is 5.74.